The van der Waals surface area contributed by atoms with E-state index in [-0.39, 0.29) is 24.7 Å². The minimum Gasteiger partial charge on any atom is -0.450 e. The Morgan fingerprint density at radius 1 is 1.69 bits per heavy atom. The lowest BCUT2D eigenvalue weighted by Crippen LogP contribution is -2.33. The molecular formula is C8H16N2O3. The molecule has 0 aromatic heterocycles. The van der Waals surface area contributed by atoms with Gasteiger partial charge in [-0.25, -0.2) is 4.79 Å². The van der Waals surface area contributed by atoms with Gasteiger partial charge in [0.2, 0.25) is 0 Å². The third kappa shape index (κ3) is 2.32. The van der Waals surface area contributed by atoms with Crippen LogP contribution >= 0.6 is 0 Å². The smallest absolute Gasteiger partial charge is 0.409 e. The van der Waals surface area contributed by atoms with Crippen molar-refractivity contribution in [2.75, 3.05) is 26.3 Å². The first kappa shape index (κ1) is 10.3. The molecule has 0 unspecified atom stereocenters. The molecule has 1 amide bonds. The molecule has 0 aromatic carbocycles. The Kier molecular flexibility index (Phi) is 3.50. The molecule has 0 aromatic rings. The number of aliphatic hydroxyl groups excluding tert-OH is 1. The van der Waals surface area contributed by atoms with Crippen LogP contribution in [-0.4, -0.2) is 48.4 Å². The number of hydrogen-bond donors (Lipinski definition) is 2. The molecule has 5 nitrogen and oxygen atoms in total. The summed E-state index contributed by atoms with van der Waals surface area (Å²) in [4.78, 5) is 12.8. The van der Waals surface area contributed by atoms with Crippen LogP contribution in [0.1, 0.15) is 6.92 Å². The number of carbonyl (C=O) groups excluding carboxylic acids is 1. The van der Waals surface area contributed by atoms with E-state index in [2.05, 4.69) is 0 Å². The Morgan fingerprint density at radius 2 is 2.38 bits per heavy atom. The van der Waals surface area contributed by atoms with Crippen molar-refractivity contribution in [3.63, 3.8) is 0 Å². The van der Waals surface area contributed by atoms with Crippen LogP contribution in [0.15, 0.2) is 0 Å². The molecule has 1 fully saturated rings. The van der Waals surface area contributed by atoms with Crippen molar-refractivity contribution >= 4 is 6.09 Å². The maximum absolute atomic E-state index is 11.2. The average molecular weight is 188 g/mol. The van der Waals surface area contributed by atoms with Gasteiger partial charge in [0, 0.05) is 31.7 Å². The van der Waals surface area contributed by atoms with Crippen LogP contribution in [0.4, 0.5) is 4.79 Å². The Balaban J connectivity index is 2.43. The predicted molar refractivity (Wildman–Crippen MR) is 47.1 cm³/mol. The monoisotopic (exact) mass is 188 g/mol. The Bertz CT molecular complexity index is 186. The molecule has 76 valence electrons. The molecule has 3 N–H and O–H groups in total. The van der Waals surface area contributed by atoms with Crippen molar-refractivity contribution in [1.82, 2.24) is 4.90 Å². The predicted octanol–water partition coefficient (Wildman–Crippen LogP) is -0.606. The topological polar surface area (TPSA) is 75.8 Å². The van der Waals surface area contributed by atoms with E-state index < -0.39 is 0 Å². The standard InChI is InChI=1S/C8H16N2O3/c1-2-13-8(12)10-3-6(5-11)7(9)4-10/h6-7,11H,2-5,9H2,1H3/t6-,7-/m0/s1. The summed E-state index contributed by atoms with van der Waals surface area (Å²) >= 11 is 0. The Hall–Kier alpha value is -0.810. The van der Waals surface area contributed by atoms with Gasteiger partial charge in [0.25, 0.3) is 0 Å². The van der Waals surface area contributed by atoms with Crippen molar-refractivity contribution in [2.45, 2.75) is 13.0 Å². The Labute approximate surface area is 77.5 Å². The molecule has 1 aliphatic heterocycles. The third-order valence-electron chi connectivity index (χ3n) is 2.25. The van der Waals surface area contributed by atoms with Crippen LogP contribution < -0.4 is 5.73 Å². The van der Waals surface area contributed by atoms with E-state index in [4.69, 9.17) is 15.6 Å². The SMILES string of the molecule is CCOC(=O)N1C[C@@H](CO)[C@@H](N)C1. The molecule has 2 atom stereocenters. The summed E-state index contributed by atoms with van der Waals surface area (Å²) in [6.07, 6.45) is -0.339. The molecule has 1 heterocycles. The number of carbonyl (C=O) groups is 1. The normalized spacial score (nSPS) is 27.8. The first-order chi connectivity index (χ1) is 6.19. The van der Waals surface area contributed by atoms with E-state index in [1.165, 1.54) is 4.90 Å². The van der Waals surface area contributed by atoms with Gasteiger partial charge in [0.05, 0.1) is 6.61 Å². The fourth-order valence-electron chi connectivity index (χ4n) is 1.45. The molecule has 0 spiro atoms. The second kappa shape index (κ2) is 4.43. The number of rotatable bonds is 2. The first-order valence-corrected chi connectivity index (χ1v) is 4.47. The van der Waals surface area contributed by atoms with E-state index in [0.29, 0.717) is 19.7 Å². The number of likely N-dealkylation sites (tertiary alicyclic amines) is 1. The second-order valence-electron chi connectivity index (χ2n) is 3.21. The maximum Gasteiger partial charge on any atom is 0.409 e. The highest BCUT2D eigenvalue weighted by Crippen LogP contribution is 2.15. The molecule has 0 bridgehead atoms. The molecule has 0 radical (unpaired) electrons. The summed E-state index contributed by atoms with van der Waals surface area (Å²) in [5, 5.41) is 8.91. The van der Waals surface area contributed by atoms with Gasteiger partial charge in [0.1, 0.15) is 0 Å². The first-order valence-electron chi connectivity index (χ1n) is 4.47. The molecule has 0 saturated carbocycles. The van der Waals surface area contributed by atoms with E-state index >= 15 is 0 Å². The molecule has 1 aliphatic rings. The summed E-state index contributed by atoms with van der Waals surface area (Å²) in [6, 6.07) is -0.130. The molecule has 1 saturated heterocycles. The largest absolute Gasteiger partial charge is 0.450 e. The van der Waals surface area contributed by atoms with Gasteiger partial charge in [-0.05, 0) is 6.92 Å². The summed E-state index contributed by atoms with van der Waals surface area (Å²) in [5.74, 6) is -0.00981. The highest BCUT2D eigenvalue weighted by atomic mass is 16.6. The zero-order chi connectivity index (χ0) is 9.84. The molecule has 5 heteroatoms. The Morgan fingerprint density at radius 3 is 2.85 bits per heavy atom. The van der Waals surface area contributed by atoms with E-state index in [1.54, 1.807) is 6.92 Å². The molecule has 13 heavy (non-hydrogen) atoms. The summed E-state index contributed by atoms with van der Waals surface area (Å²) < 4.78 is 4.82. The van der Waals surface area contributed by atoms with Crippen molar-refractivity contribution < 1.29 is 14.6 Å². The summed E-state index contributed by atoms with van der Waals surface area (Å²) in [7, 11) is 0. The van der Waals surface area contributed by atoms with Crippen LogP contribution in [0.5, 0.6) is 0 Å². The van der Waals surface area contributed by atoms with Crippen LogP contribution in [0.25, 0.3) is 0 Å². The number of nitrogens with two attached hydrogens (primary N) is 1. The number of nitrogens with zero attached hydrogens (tertiary/aromatic N) is 1. The van der Waals surface area contributed by atoms with Crippen molar-refractivity contribution in [3.8, 4) is 0 Å². The lowest BCUT2D eigenvalue weighted by molar-refractivity contribution is 0.112. The minimum atomic E-state index is -0.339. The van der Waals surface area contributed by atoms with Gasteiger partial charge in [-0.3, -0.25) is 0 Å². The van der Waals surface area contributed by atoms with E-state index in [0.717, 1.165) is 0 Å². The zero-order valence-electron chi connectivity index (χ0n) is 7.77. The van der Waals surface area contributed by atoms with Crippen molar-refractivity contribution in [2.24, 2.45) is 11.7 Å². The number of ether oxygens (including phenoxy) is 1. The summed E-state index contributed by atoms with van der Waals surface area (Å²) in [6.45, 7) is 3.13. The van der Waals surface area contributed by atoms with Gasteiger partial charge < -0.3 is 20.5 Å². The summed E-state index contributed by atoms with van der Waals surface area (Å²) in [5.41, 5.74) is 5.70. The lowest BCUT2D eigenvalue weighted by Gasteiger charge is -2.14. The number of amides is 1. The maximum atomic E-state index is 11.2. The average Bonchev–Trinajstić information content (AvgIpc) is 2.47. The quantitative estimate of drug-likeness (QED) is 0.606. The van der Waals surface area contributed by atoms with Gasteiger partial charge in [0.15, 0.2) is 0 Å². The number of aliphatic hydroxyl groups is 1. The highest BCUT2D eigenvalue weighted by molar-refractivity contribution is 5.68. The van der Waals surface area contributed by atoms with Gasteiger partial charge >= 0.3 is 6.09 Å². The van der Waals surface area contributed by atoms with E-state index in [1.807, 2.05) is 0 Å². The molecule has 1 rings (SSSR count). The minimum absolute atomic E-state index is 0.00981. The van der Waals surface area contributed by atoms with Crippen molar-refractivity contribution in [1.29, 1.82) is 0 Å². The van der Waals surface area contributed by atoms with Crippen LogP contribution in [0.2, 0.25) is 0 Å². The second-order valence-corrected chi connectivity index (χ2v) is 3.21. The fourth-order valence-corrected chi connectivity index (χ4v) is 1.45. The van der Waals surface area contributed by atoms with Gasteiger partial charge in [-0.15, -0.1) is 0 Å². The molecular weight excluding hydrogens is 172 g/mol. The highest BCUT2D eigenvalue weighted by Gasteiger charge is 2.32. The number of hydrogen-bond acceptors (Lipinski definition) is 4. The zero-order valence-corrected chi connectivity index (χ0v) is 7.77. The molecule has 0 aliphatic carbocycles. The van der Waals surface area contributed by atoms with Crippen molar-refractivity contribution in [3.05, 3.63) is 0 Å². The van der Waals surface area contributed by atoms with Crippen LogP contribution in [-0.2, 0) is 4.74 Å². The van der Waals surface area contributed by atoms with Gasteiger partial charge in [-0.1, -0.05) is 0 Å². The van der Waals surface area contributed by atoms with E-state index in [9.17, 15) is 4.79 Å². The van der Waals surface area contributed by atoms with Crippen LogP contribution in [0, 0.1) is 5.92 Å². The van der Waals surface area contributed by atoms with Crippen LogP contribution in [0.3, 0.4) is 0 Å². The lowest BCUT2D eigenvalue weighted by atomic mass is 10.1. The fraction of sp³-hybridized carbons (Fsp3) is 0.875. The third-order valence-corrected chi connectivity index (χ3v) is 2.25. The van der Waals surface area contributed by atoms with Gasteiger partial charge in [-0.2, -0.15) is 0 Å².